The van der Waals surface area contributed by atoms with Gasteiger partial charge in [0.15, 0.2) is 0 Å². The molecule has 2 aromatic carbocycles. The van der Waals surface area contributed by atoms with Crippen LogP contribution >= 0.6 is 22.6 Å². The lowest BCUT2D eigenvalue weighted by atomic mass is 9.96. The van der Waals surface area contributed by atoms with E-state index >= 15 is 0 Å². The molecule has 0 spiro atoms. The second-order valence-corrected chi connectivity index (χ2v) is 6.65. The van der Waals surface area contributed by atoms with Crippen LogP contribution in [0, 0.1) is 3.57 Å². The van der Waals surface area contributed by atoms with Crippen molar-refractivity contribution in [2.45, 2.75) is 25.8 Å². The maximum Gasteiger partial charge on any atom is 0.122 e. The van der Waals surface area contributed by atoms with Crippen LogP contribution in [-0.2, 0) is 6.42 Å². The van der Waals surface area contributed by atoms with Crippen molar-refractivity contribution in [1.82, 2.24) is 5.32 Å². The summed E-state index contributed by atoms with van der Waals surface area (Å²) in [6.45, 7) is 4.04. The fraction of sp³-hybridized carbons (Fsp3) is 0.333. The molecule has 0 aliphatic carbocycles. The maximum absolute atomic E-state index is 5.61. The van der Waals surface area contributed by atoms with Crippen molar-refractivity contribution in [1.29, 1.82) is 0 Å². The van der Waals surface area contributed by atoms with Crippen LogP contribution in [0.5, 0.6) is 5.75 Å². The van der Waals surface area contributed by atoms with Crippen LogP contribution in [-0.4, -0.2) is 13.2 Å². The fourth-order valence-corrected chi connectivity index (χ4v) is 3.12. The van der Waals surface area contributed by atoms with Gasteiger partial charge in [0.2, 0.25) is 0 Å². The quantitative estimate of drug-likeness (QED) is 0.765. The molecule has 1 aliphatic heterocycles. The average molecular weight is 393 g/mol. The third-order valence-corrected chi connectivity index (χ3v) is 4.57. The molecule has 0 amide bonds. The Bertz CT molecular complexity index is 609. The van der Waals surface area contributed by atoms with Gasteiger partial charge in [-0.25, -0.2) is 0 Å². The molecule has 21 heavy (non-hydrogen) atoms. The van der Waals surface area contributed by atoms with Gasteiger partial charge in [-0.2, -0.15) is 0 Å². The number of hydrogen-bond acceptors (Lipinski definition) is 2. The molecule has 1 atom stereocenters. The highest BCUT2D eigenvalue weighted by atomic mass is 127. The Labute approximate surface area is 140 Å². The van der Waals surface area contributed by atoms with E-state index in [0.29, 0.717) is 0 Å². The Kier molecular flexibility index (Phi) is 4.80. The molecule has 0 saturated heterocycles. The number of benzene rings is 2. The third-order valence-electron chi connectivity index (χ3n) is 3.85. The van der Waals surface area contributed by atoms with E-state index in [0.717, 1.165) is 31.7 Å². The van der Waals surface area contributed by atoms with E-state index in [-0.39, 0.29) is 6.04 Å². The molecule has 1 unspecified atom stereocenters. The lowest BCUT2D eigenvalue weighted by molar-refractivity contribution is 0.357. The fourth-order valence-electron chi connectivity index (χ4n) is 2.76. The van der Waals surface area contributed by atoms with Gasteiger partial charge in [0.05, 0.1) is 12.6 Å². The molecule has 0 fully saturated rings. The summed E-state index contributed by atoms with van der Waals surface area (Å²) in [6.07, 6.45) is 2.16. The number of fused-ring (bicyclic) bond motifs is 1. The van der Waals surface area contributed by atoms with Crippen molar-refractivity contribution >= 4 is 22.6 Å². The number of ether oxygens (including phenoxy) is 1. The Morgan fingerprint density at radius 1 is 1.14 bits per heavy atom. The smallest absolute Gasteiger partial charge is 0.122 e. The summed E-state index contributed by atoms with van der Waals surface area (Å²) < 4.78 is 6.89. The number of nitrogens with one attached hydrogen (secondary N) is 1. The molecule has 3 rings (SSSR count). The summed E-state index contributed by atoms with van der Waals surface area (Å²) in [5.74, 6) is 1.05. The monoisotopic (exact) mass is 393 g/mol. The van der Waals surface area contributed by atoms with E-state index in [4.69, 9.17) is 4.74 Å². The molecule has 0 radical (unpaired) electrons. The van der Waals surface area contributed by atoms with Crippen LogP contribution in [0.15, 0.2) is 42.5 Å². The SMILES string of the molecule is CCCNC(c1ccc(I)cc1)c1ccc2c(c1)CCO2. The normalized spacial score (nSPS) is 14.6. The summed E-state index contributed by atoms with van der Waals surface area (Å²) in [7, 11) is 0. The van der Waals surface area contributed by atoms with Crippen LogP contribution in [0.1, 0.15) is 36.1 Å². The van der Waals surface area contributed by atoms with Crippen LogP contribution in [0.25, 0.3) is 0 Å². The van der Waals surface area contributed by atoms with Gasteiger partial charge in [0.25, 0.3) is 0 Å². The zero-order valence-corrected chi connectivity index (χ0v) is 14.4. The van der Waals surface area contributed by atoms with Gasteiger partial charge in [0.1, 0.15) is 5.75 Å². The van der Waals surface area contributed by atoms with Crippen LogP contribution in [0.4, 0.5) is 0 Å². The maximum atomic E-state index is 5.61. The Hall–Kier alpha value is -1.07. The molecule has 1 aliphatic rings. The van der Waals surface area contributed by atoms with Gasteiger partial charge in [-0.05, 0) is 70.4 Å². The van der Waals surface area contributed by atoms with Crippen molar-refractivity contribution in [3.05, 3.63) is 62.7 Å². The summed E-state index contributed by atoms with van der Waals surface area (Å²) in [4.78, 5) is 0. The molecular weight excluding hydrogens is 373 g/mol. The highest BCUT2D eigenvalue weighted by Crippen LogP contribution is 2.30. The molecular formula is C18H20INO. The average Bonchev–Trinajstić information content (AvgIpc) is 2.97. The van der Waals surface area contributed by atoms with E-state index in [1.807, 2.05) is 0 Å². The number of halogens is 1. The summed E-state index contributed by atoms with van der Waals surface area (Å²) in [5, 5.41) is 3.67. The lowest BCUT2D eigenvalue weighted by Gasteiger charge is -2.20. The van der Waals surface area contributed by atoms with Crippen molar-refractivity contribution in [3.63, 3.8) is 0 Å². The van der Waals surface area contributed by atoms with E-state index < -0.39 is 0 Å². The minimum Gasteiger partial charge on any atom is -0.493 e. The van der Waals surface area contributed by atoms with Crippen LogP contribution in [0.3, 0.4) is 0 Å². The zero-order chi connectivity index (χ0) is 14.7. The summed E-state index contributed by atoms with van der Waals surface area (Å²) in [5.41, 5.74) is 3.98. The zero-order valence-electron chi connectivity index (χ0n) is 12.2. The first-order valence-electron chi connectivity index (χ1n) is 7.52. The van der Waals surface area contributed by atoms with E-state index in [9.17, 15) is 0 Å². The topological polar surface area (TPSA) is 21.3 Å². The van der Waals surface area contributed by atoms with Crippen LogP contribution < -0.4 is 10.1 Å². The van der Waals surface area contributed by atoms with Crippen LogP contribution in [0.2, 0.25) is 0 Å². The molecule has 2 nitrogen and oxygen atoms in total. The Balaban J connectivity index is 1.93. The highest BCUT2D eigenvalue weighted by Gasteiger charge is 2.18. The van der Waals surface area contributed by atoms with Crippen molar-refractivity contribution in [2.24, 2.45) is 0 Å². The lowest BCUT2D eigenvalue weighted by Crippen LogP contribution is -2.23. The largest absolute Gasteiger partial charge is 0.493 e. The first-order chi connectivity index (χ1) is 10.3. The number of rotatable bonds is 5. The second-order valence-electron chi connectivity index (χ2n) is 5.40. The first kappa shape index (κ1) is 14.9. The summed E-state index contributed by atoms with van der Waals surface area (Å²) in [6, 6.07) is 15.7. The predicted molar refractivity (Wildman–Crippen MR) is 94.9 cm³/mol. The molecule has 0 aromatic heterocycles. The minimum atomic E-state index is 0.257. The molecule has 0 saturated carbocycles. The highest BCUT2D eigenvalue weighted by molar-refractivity contribution is 14.1. The van der Waals surface area contributed by atoms with Gasteiger partial charge in [-0.15, -0.1) is 0 Å². The van der Waals surface area contributed by atoms with Gasteiger partial charge < -0.3 is 10.1 Å². The van der Waals surface area contributed by atoms with Crippen molar-refractivity contribution < 1.29 is 4.74 Å². The molecule has 3 heteroatoms. The second kappa shape index (κ2) is 6.79. The van der Waals surface area contributed by atoms with Gasteiger partial charge >= 0.3 is 0 Å². The van der Waals surface area contributed by atoms with Gasteiger partial charge in [0, 0.05) is 9.99 Å². The van der Waals surface area contributed by atoms with E-state index in [1.165, 1.54) is 20.3 Å². The predicted octanol–water partition coefficient (Wildman–Crippen LogP) is 4.32. The molecule has 1 N–H and O–H groups in total. The van der Waals surface area contributed by atoms with Gasteiger partial charge in [-0.3, -0.25) is 0 Å². The molecule has 110 valence electrons. The third kappa shape index (κ3) is 3.40. The standard InChI is InChI=1S/C18H20INO/c1-2-10-20-18(13-3-6-16(19)7-4-13)15-5-8-17-14(12-15)9-11-21-17/h3-8,12,18,20H,2,9-11H2,1H3. The van der Waals surface area contributed by atoms with Crippen molar-refractivity contribution in [3.8, 4) is 5.75 Å². The first-order valence-corrected chi connectivity index (χ1v) is 8.60. The Morgan fingerprint density at radius 2 is 1.90 bits per heavy atom. The molecule has 0 bridgehead atoms. The molecule has 2 aromatic rings. The minimum absolute atomic E-state index is 0.257. The Morgan fingerprint density at radius 3 is 2.67 bits per heavy atom. The molecule has 1 heterocycles. The van der Waals surface area contributed by atoms with Gasteiger partial charge in [-0.1, -0.05) is 31.2 Å². The van der Waals surface area contributed by atoms with E-state index in [2.05, 4.69) is 77.3 Å². The van der Waals surface area contributed by atoms with E-state index in [1.54, 1.807) is 0 Å². The van der Waals surface area contributed by atoms with Crippen molar-refractivity contribution in [2.75, 3.05) is 13.2 Å². The summed E-state index contributed by atoms with van der Waals surface area (Å²) >= 11 is 2.35. The number of hydrogen-bond donors (Lipinski definition) is 1.